The van der Waals surface area contributed by atoms with Gasteiger partial charge >= 0.3 is 6.09 Å². The number of ether oxygens (including phenoxy) is 1. The number of hydrogen-bond donors (Lipinski definition) is 0. The molecule has 0 radical (unpaired) electrons. The molecule has 0 N–H and O–H groups in total. The van der Waals surface area contributed by atoms with Gasteiger partial charge in [0.2, 0.25) is 5.91 Å². The van der Waals surface area contributed by atoms with Crippen molar-refractivity contribution in [3.05, 3.63) is 71.1 Å². The first-order chi connectivity index (χ1) is 20.2. The van der Waals surface area contributed by atoms with E-state index >= 15 is 0 Å². The quantitative estimate of drug-likeness (QED) is 0.421. The summed E-state index contributed by atoms with van der Waals surface area (Å²) in [5, 5.41) is 8.35. The van der Waals surface area contributed by atoms with Gasteiger partial charge in [0.05, 0.1) is 30.2 Å². The van der Waals surface area contributed by atoms with Crippen LogP contribution in [0.1, 0.15) is 64.1 Å². The van der Waals surface area contributed by atoms with Gasteiger partial charge in [-0.1, -0.05) is 31.2 Å². The van der Waals surface area contributed by atoms with Gasteiger partial charge in [-0.2, -0.15) is 0 Å². The van der Waals surface area contributed by atoms with Crippen LogP contribution >= 0.6 is 0 Å². The molecule has 43 heavy (non-hydrogen) atoms. The number of hydrogen-bond acceptors (Lipinski definition) is 7. The van der Waals surface area contributed by atoms with E-state index < -0.39 is 5.60 Å². The first-order valence-electron chi connectivity index (χ1n) is 14.8. The highest BCUT2D eigenvalue weighted by atomic mass is 19.1. The molecule has 1 saturated heterocycles. The fourth-order valence-corrected chi connectivity index (χ4v) is 5.95. The van der Waals surface area contributed by atoms with Gasteiger partial charge in [0.25, 0.3) is 0 Å². The molecule has 0 unspecified atom stereocenters. The van der Waals surface area contributed by atoms with Crippen molar-refractivity contribution in [1.82, 2.24) is 29.8 Å². The number of fused-ring (bicyclic) bond motifs is 1. The SMILES string of the molecule is Cc1cn(C[C@H]2CN(C(=O)OC(C)(C)C)[C@H](C)CN2CC(=O)N2CC(C)(C)c3ncc(Cc4ccc(F)cc4)cc32)nn1. The molecule has 2 amide bonds. The Morgan fingerprint density at radius 2 is 1.84 bits per heavy atom. The minimum atomic E-state index is -0.609. The van der Waals surface area contributed by atoms with Crippen LogP contribution in [0.4, 0.5) is 14.9 Å². The zero-order valence-corrected chi connectivity index (χ0v) is 26.2. The average molecular weight is 592 g/mol. The number of rotatable bonds is 6. The smallest absolute Gasteiger partial charge is 0.410 e. The van der Waals surface area contributed by atoms with Crippen molar-refractivity contribution in [2.75, 3.05) is 31.1 Å². The number of amides is 2. The molecule has 2 aliphatic rings. The summed E-state index contributed by atoms with van der Waals surface area (Å²) in [6.07, 6.45) is 3.95. The normalized spacial score (nSPS) is 20.3. The topological polar surface area (TPSA) is 96.7 Å². The molecule has 10 nitrogen and oxygen atoms in total. The molecule has 1 aromatic carbocycles. The molecule has 2 atom stereocenters. The van der Waals surface area contributed by atoms with E-state index in [0.29, 0.717) is 32.6 Å². The van der Waals surface area contributed by atoms with Crippen molar-refractivity contribution in [3.63, 3.8) is 0 Å². The summed E-state index contributed by atoms with van der Waals surface area (Å²) in [5.41, 5.74) is 3.53. The molecule has 4 heterocycles. The van der Waals surface area contributed by atoms with Crippen LogP contribution in [0.5, 0.6) is 0 Å². The van der Waals surface area contributed by atoms with Crippen LogP contribution < -0.4 is 4.90 Å². The van der Waals surface area contributed by atoms with Crippen molar-refractivity contribution in [1.29, 1.82) is 0 Å². The summed E-state index contributed by atoms with van der Waals surface area (Å²) in [6.45, 7) is 15.7. The Labute approximate surface area is 252 Å². The molecule has 0 aliphatic carbocycles. The number of aryl methyl sites for hydroxylation is 1. The maximum atomic E-state index is 14.1. The van der Waals surface area contributed by atoms with E-state index in [9.17, 15) is 14.0 Å². The van der Waals surface area contributed by atoms with E-state index in [1.54, 1.807) is 21.7 Å². The van der Waals surface area contributed by atoms with Crippen molar-refractivity contribution >= 4 is 17.7 Å². The second-order valence-electron chi connectivity index (χ2n) is 13.5. The van der Waals surface area contributed by atoms with Gasteiger partial charge in [0.15, 0.2) is 0 Å². The molecule has 0 bridgehead atoms. The summed E-state index contributed by atoms with van der Waals surface area (Å²) in [7, 11) is 0. The zero-order valence-electron chi connectivity index (χ0n) is 26.2. The first kappa shape index (κ1) is 30.6. The van der Waals surface area contributed by atoms with Gasteiger partial charge in [-0.15, -0.1) is 5.10 Å². The Kier molecular flexibility index (Phi) is 8.30. The Balaban J connectivity index is 1.37. The van der Waals surface area contributed by atoms with E-state index in [4.69, 9.17) is 9.72 Å². The fourth-order valence-electron chi connectivity index (χ4n) is 5.95. The molecule has 0 saturated carbocycles. The molecular weight excluding hydrogens is 549 g/mol. The predicted molar refractivity (Wildman–Crippen MR) is 161 cm³/mol. The maximum Gasteiger partial charge on any atom is 0.410 e. The minimum Gasteiger partial charge on any atom is -0.444 e. The molecule has 230 valence electrons. The zero-order chi connectivity index (χ0) is 31.1. The number of nitrogens with zero attached hydrogens (tertiary/aromatic N) is 7. The van der Waals surface area contributed by atoms with Crippen LogP contribution in [0.2, 0.25) is 0 Å². The lowest BCUT2D eigenvalue weighted by Crippen LogP contribution is -2.62. The number of pyridine rings is 1. The van der Waals surface area contributed by atoms with Gasteiger partial charge in [-0.3, -0.25) is 19.4 Å². The van der Waals surface area contributed by atoms with Gasteiger partial charge < -0.3 is 14.5 Å². The Hall–Kier alpha value is -3.86. The summed E-state index contributed by atoms with van der Waals surface area (Å²) >= 11 is 0. The minimum absolute atomic E-state index is 0.0229. The second-order valence-corrected chi connectivity index (χ2v) is 13.5. The molecular formula is C32H42FN7O3. The summed E-state index contributed by atoms with van der Waals surface area (Å²) in [4.78, 5) is 37.7. The van der Waals surface area contributed by atoms with Crippen molar-refractivity contribution in [3.8, 4) is 0 Å². The molecule has 5 rings (SSSR count). The number of carbonyl (C=O) groups excluding carboxylic acids is 2. The molecule has 2 aliphatic heterocycles. The lowest BCUT2D eigenvalue weighted by Gasteiger charge is -2.45. The lowest BCUT2D eigenvalue weighted by molar-refractivity contribution is -0.121. The van der Waals surface area contributed by atoms with Gasteiger partial charge in [0.1, 0.15) is 11.4 Å². The lowest BCUT2D eigenvalue weighted by atomic mass is 9.91. The summed E-state index contributed by atoms with van der Waals surface area (Å²) < 4.78 is 20.9. The number of piperazine rings is 1. The summed E-state index contributed by atoms with van der Waals surface area (Å²) in [5.74, 6) is -0.293. The average Bonchev–Trinajstić information content (AvgIpc) is 3.44. The van der Waals surface area contributed by atoms with Crippen molar-refractivity contribution in [2.24, 2.45) is 0 Å². The van der Waals surface area contributed by atoms with Crippen LogP contribution in [0.15, 0.2) is 42.7 Å². The third-order valence-corrected chi connectivity index (χ3v) is 8.00. The van der Waals surface area contributed by atoms with Crippen molar-refractivity contribution in [2.45, 2.75) is 84.5 Å². The van der Waals surface area contributed by atoms with Crippen LogP contribution in [0.25, 0.3) is 0 Å². The van der Waals surface area contributed by atoms with Gasteiger partial charge in [-0.25, -0.2) is 9.18 Å². The maximum absolute atomic E-state index is 14.1. The van der Waals surface area contributed by atoms with E-state index in [0.717, 1.165) is 28.2 Å². The van der Waals surface area contributed by atoms with Crippen LogP contribution in [-0.4, -0.2) is 85.6 Å². The largest absolute Gasteiger partial charge is 0.444 e. The Morgan fingerprint density at radius 1 is 1.12 bits per heavy atom. The Bertz CT molecular complexity index is 1480. The number of aromatic nitrogens is 4. The number of benzene rings is 1. The number of anilines is 1. The van der Waals surface area contributed by atoms with Crippen molar-refractivity contribution < 1.29 is 18.7 Å². The standard InChI is InChI=1S/C32H42FN7O3/c1-21-15-38(36-35-21)17-26-18-39(30(42)43-31(3,4)5)22(2)16-37(26)19-28(41)40-20-32(6,7)29-27(40)13-24(14-34-29)12-23-8-10-25(33)11-9-23/h8-11,13-15,22,26H,12,16-20H2,1-7H3/t22-,26+/m1/s1. The van der Waals surface area contributed by atoms with Crippen LogP contribution in [-0.2, 0) is 27.9 Å². The molecule has 1 fully saturated rings. The van der Waals surface area contributed by atoms with Gasteiger partial charge in [-0.05, 0) is 70.4 Å². The van der Waals surface area contributed by atoms with E-state index in [-0.39, 0.29) is 41.9 Å². The van der Waals surface area contributed by atoms with Gasteiger partial charge in [0, 0.05) is 49.5 Å². The third kappa shape index (κ3) is 7.04. The number of halogens is 1. The first-order valence-corrected chi connectivity index (χ1v) is 14.8. The molecule has 0 spiro atoms. The molecule has 3 aromatic rings. The molecule has 11 heteroatoms. The monoisotopic (exact) mass is 591 g/mol. The fraction of sp³-hybridized carbons (Fsp3) is 0.531. The van der Waals surface area contributed by atoms with E-state index in [1.807, 2.05) is 58.0 Å². The highest BCUT2D eigenvalue weighted by Gasteiger charge is 2.42. The highest BCUT2D eigenvalue weighted by Crippen LogP contribution is 2.40. The van der Waals surface area contributed by atoms with E-state index in [1.165, 1.54) is 12.1 Å². The molecule has 2 aromatic heterocycles. The van der Waals surface area contributed by atoms with Crippen LogP contribution in [0.3, 0.4) is 0 Å². The van der Waals surface area contributed by atoms with E-state index in [2.05, 4.69) is 29.1 Å². The predicted octanol–water partition coefficient (Wildman–Crippen LogP) is 4.35. The highest BCUT2D eigenvalue weighted by molar-refractivity contribution is 5.97. The summed E-state index contributed by atoms with van der Waals surface area (Å²) in [6, 6.07) is 8.16. The Morgan fingerprint density at radius 3 is 2.49 bits per heavy atom. The third-order valence-electron chi connectivity index (χ3n) is 8.00. The number of carbonyl (C=O) groups is 2. The van der Waals surface area contributed by atoms with Crippen LogP contribution in [0, 0.1) is 12.7 Å². The second kappa shape index (κ2) is 11.7.